The Kier molecular flexibility index (Phi) is 4.37. The number of anilines is 1. The Balaban J connectivity index is 1.81. The average Bonchev–Trinajstić information content (AvgIpc) is 2.67. The van der Waals surface area contributed by atoms with E-state index in [-0.39, 0.29) is 5.63 Å². The maximum absolute atomic E-state index is 12.0. The van der Waals surface area contributed by atoms with Gasteiger partial charge in [-0.1, -0.05) is 19.4 Å². The van der Waals surface area contributed by atoms with Crippen molar-refractivity contribution >= 4 is 16.8 Å². The van der Waals surface area contributed by atoms with Gasteiger partial charge in [-0.15, -0.1) is 0 Å². The van der Waals surface area contributed by atoms with Crippen molar-refractivity contribution in [2.45, 2.75) is 39.7 Å². The fraction of sp³-hybridized carbons (Fsp3) is 0.333. The number of aryl methyl sites for hydroxylation is 2. The fourth-order valence-corrected chi connectivity index (χ4v) is 3.55. The van der Waals surface area contributed by atoms with E-state index in [4.69, 9.17) is 9.15 Å². The molecule has 2 aromatic heterocycles. The van der Waals surface area contributed by atoms with Gasteiger partial charge in [0.05, 0.1) is 6.54 Å². The van der Waals surface area contributed by atoms with Crippen LogP contribution in [-0.4, -0.2) is 11.7 Å². The maximum atomic E-state index is 12.0. The van der Waals surface area contributed by atoms with Crippen molar-refractivity contribution in [1.29, 1.82) is 0 Å². The number of rotatable bonds is 4. The lowest BCUT2D eigenvalue weighted by Crippen LogP contribution is -2.32. The topological polar surface area (TPSA) is 55.6 Å². The molecule has 0 spiro atoms. The highest BCUT2D eigenvalue weighted by atomic mass is 16.5. The molecule has 0 N–H and O–H groups in total. The third kappa shape index (κ3) is 2.94. The highest BCUT2D eigenvalue weighted by molar-refractivity contribution is 5.86. The minimum Gasteiger partial charge on any atom is -0.472 e. The predicted molar refractivity (Wildman–Crippen MR) is 102 cm³/mol. The SMILES string of the molecule is CCCCc1cc(=O)oc2c(C)c3c(cc12)CN(c1ccccn1)CO3. The largest absolute Gasteiger partial charge is 0.472 e. The van der Waals surface area contributed by atoms with Crippen LogP contribution in [0.5, 0.6) is 5.75 Å². The lowest BCUT2D eigenvalue weighted by Gasteiger charge is -2.31. The molecule has 1 aliphatic heterocycles. The lowest BCUT2D eigenvalue weighted by molar-refractivity contribution is 0.286. The van der Waals surface area contributed by atoms with Gasteiger partial charge in [-0.05, 0) is 43.5 Å². The Labute approximate surface area is 152 Å². The summed E-state index contributed by atoms with van der Waals surface area (Å²) in [5, 5.41) is 1.01. The van der Waals surface area contributed by atoms with Gasteiger partial charge in [-0.3, -0.25) is 0 Å². The first kappa shape index (κ1) is 16.6. The molecule has 5 heteroatoms. The summed E-state index contributed by atoms with van der Waals surface area (Å²) >= 11 is 0. The lowest BCUT2D eigenvalue weighted by atomic mass is 9.98. The van der Waals surface area contributed by atoms with Crippen LogP contribution in [-0.2, 0) is 13.0 Å². The molecule has 0 aliphatic carbocycles. The summed E-state index contributed by atoms with van der Waals surface area (Å²) in [6.45, 7) is 5.26. The second-order valence-electron chi connectivity index (χ2n) is 6.72. The molecule has 0 bridgehead atoms. The van der Waals surface area contributed by atoms with Gasteiger partial charge < -0.3 is 14.1 Å². The van der Waals surface area contributed by atoms with Crippen LogP contribution in [0.15, 0.2) is 45.7 Å². The minimum atomic E-state index is -0.294. The standard InChI is InChI=1S/C21H22N2O3/c1-3-4-7-15-11-19(24)26-21-14(2)20-16(10-17(15)21)12-23(13-25-20)18-8-5-6-9-22-18/h5-6,8-11H,3-4,7,12-13H2,1-2H3. The van der Waals surface area contributed by atoms with Crippen LogP contribution in [0.25, 0.3) is 11.0 Å². The van der Waals surface area contributed by atoms with Crippen LogP contribution in [0.2, 0.25) is 0 Å². The molecular formula is C21H22N2O3. The van der Waals surface area contributed by atoms with E-state index < -0.39 is 0 Å². The summed E-state index contributed by atoms with van der Waals surface area (Å²) in [6.07, 6.45) is 4.79. The minimum absolute atomic E-state index is 0.294. The van der Waals surface area contributed by atoms with Crippen molar-refractivity contribution in [2.24, 2.45) is 0 Å². The van der Waals surface area contributed by atoms with Crippen molar-refractivity contribution in [3.63, 3.8) is 0 Å². The number of hydrogen-bond acceptors (Lipinski definition) is 5. The highest BCUT2D eigenvalue weighted by Crippen LogP contribution is 2.36. The zero-order valence-electron chi connectivity index (χ0n) is 15.1. The Hall–Kier alpha value is -2.82. The van der Waals surface area contributed by atoms with Crippen molar-refractivity contribution < 1.29 is 9.15 Å². The Morgan fingerprint density at radius 3 is 2.92 bits per heavy atom. The van der Waals surface area contributed by atoms with Crippen LogP contribution in [0.3, 0.4) is 0 Å². The predicted octanol–water partition coefficient (Wildman–Crippen LogP) is 4.20. The maximum Gasteiger partial charge on any atom is 0.336 e. The molecule has 5 nitrogen and oxygen atoms in total. The molecule has 0 atom stereocenters. The Bertz CT molecular complexity index is 996. The molecule has 0 saturated heterocycles. The second-order valence-corrected chi connectivity index (χ2v) is 6.72. The normalized spacial score (nSPS) is 13.5. The first-order valence-electron chi connectivity index (χ1n) is 9.05. The van der Waals surface area contributed by atoms with E-state index in [1.54, 1.807) is 12.3 Å². The monoisotopic (exact) mass is 350 g/mol. The molecule has 1 aliphatic rings. The average molecular weight is 350 g/mol. The van der Waals surface area contributed by atoms with Crippen LogP contribution >= 0.6 is 0 Å². The van der Waals surface area contributed by atoms with Gasteiger partial charge in [0, 0.05) is 28.8 Å². The molecule has 0 fully saturated rings. The zero-order valence-corrected chi connectivity index (χ0v) is 15.1. The van der Waals surface area contributed by atoms with Crippen LogP contribution < -0.4 is 15.3 Å². The number of ether oxygens (including phenoxy) is 1. The Morgan fingerprint density at radius 1 is 1.27 bits per heavy atom. The van der Waals surface area contributed by atoms with Crippen molar-refractivity contribution in [2.75, 3.05) is 11.6 Å². The first-order chi connectivity index (χ1) is 12.7. The van der Waals surface area contributed by atoms with E-state index in [1.807, 2.05) is 25.1 Å². The highest BCUT2D eigenvalue weighted by Gasteiger charge is 2.23. The van der Waals surface area contributed by atoms with Crippen molar-refractivity contribution in [3.05, 3.63) is 63.6 Å². The van der Waals surface area contributed by atoms with Gasteiger partial charge in [0.25, 0.3) is 0 Å². The smallest absolute Gasteiger partial charge is 0.336 e. The second kappa shape index (κ2) is 6.83. The summed E-state index contributed by atoms with van der Waals surface area (Å²) in [6, 6.07) is 9.60. The molecule has 0 amide bonds. The van der Waals surface area contributed by atoms with E-state index in [0.29, 0.717) is 12.3 Å². The summed E-state index contributed by atoms with van der Waals surface area (Å²) in [4.78, 5) is 18.5. The molecule has 26 heavy (non-hydrogen) atoms. The Morgan fingerprint density at radius 2 is 2.15 bits per heavy atom. The number of aromatic nitrogens is 1. The van der Waals surface area contributed by atoms with Crippen molar-refractivity contribution in [1.82, 2.24) is 4.98 Å². The number of fused-ring (bicyclic) bond motifs is 2. The summed E-state index contributed by atoms with van der Waals surface area (Å²) in [5.41, 5.74) is 3.40. The molecule has 1 aromatic carbocycles. The van der Waals surface area contributed by atoms with Gasteiger partial charge in [0.2, 0.25) is 0 Å². The van der Waals surface area contributed by atoms with Gasteiger partial charge >= 0.3 is 5.63 Å². The molecular weight excluding hydrogens is 328 g/mol. The van der Waals surface area contributed by atoms with Crippen LogP contribution in [0.1, 0.15) is 36.5 Å². The molecule has 0 unspecified atom stereocenters. The molecule has 3 heterocycles. The molecule has 3 aromatic rings. The van der Waals surface area contributed by atoms with Gasteiger partial charge in [0.1, 0.15) is 17.2 Å². The van der Waals surface area contributed by atoms with E-state index in [0.717, 1.165) is 59.5 Å². The first-order valence-corrected chi connectivity index (χ1v) is 9.05. The van der Waals surface area contributed by atoms with E-state index in [1.165, 1.54) is 0 Å². The van der Waals surface area contributed by atoms with Gasteiger partial charge in [-0.2, -0.15) is 0 Å². The number of benzene rings is 1. The quantitative estimate of drug-likeness (QED) is 0.660. The fourth-order valence-electron chi connectivity index (χ4n) is 3.55. The zero-order chi connectivity index (χ0) is 18.1. The number of unbranched alkanes of at least 4 members (excludes halogenated alkanes) is 1. The summed E-state index contributed by atoms with van der Waals surface area (Å²) < 4.78 is 11.5. The van der Waals surface area contributed by atoms with Crippen molar-refractivity contribution in [3.8, 4) is 5.75 Å². The third-order valence-corrected chi connectivity index (χ3v) is 4.88. The summed E-state index contributed by atoms with van der Waals surface area (Å²) in [7, 11) is 0. The van der Waals surface area contributed by atoms with Gasteiger partial charge in [-0.25, -0.2) is 9.78 Å². The molecule has 4 rings (SSSR count). The number of hydrogen-bond donors (Lipinski definition) is 0. The van der Waals surface area contributed by atoms with Gasteiger partial charge in [0.15, 0.2) is 6.73 Å². The van der Waals surface area contributed by atoms with E-state index in [2.05, 4.69) is 22.9 Å². The third-order valence-electron chi connectivity index (χ3n) is 4.88. The van der Waals surface area contributed by atoms with E-state index in [9.17, 15) is 4.79 Å². The molecule has 0 radical (unpaired) electrons. The number of nitrogens with zero attached hydrogens (tertiary/aromatic N) is 2. The van der Waals surface area contributed by atoms with Crippen LogP contribution in [0.4, 0.5) is 5.82 Å². The molecule has 0 saturated carbocycles. The van der Waals surface area contributed by atoms with E-state index >= 15 is 0 Å². The molecule has 134 valence electrons. The number of pyridine rings is 1. The summed E-state index contributed by atoms with van der Waals surface area (Å²) in [5.74, 6) is 1.71. The van der Waals surface area contributed by atoms with Crippen LogP contribution in [0, 0.1) is 6.92 Å².